The van der Waals surface area contributed by atoms with E-state index >= 15 is 0 Å². The van der Waals surface area contributed by atoms with E-state index in [9.17, 15) is 19.2 Å². The van der Waals surface area contributed by atoms with Crippen LogP contribution >= 0.6 is 11.8 Å². The predicted octanol–water partition coefficient (Wildman–Crippen LogP) is 7.10. The maximum absolute atomic E-state index is 13.8. The zero-order chi connectivity index (χ0) is 34.9. The van der Waals surface area contributed by atoms with Gasteiger partial charge in [-0.25, -0.2) is 0 Å². The smallest absolute Gasteiger partial charge is 0.272 e. The molecule has 10 heteroatoms. The molecule has 3 N–H and O–H groups in total. The molecule has 50 heavy (non-hydrogen) atoms. The third kappa shape index (κ3) is 8.41. The second-order valence-electron chi connectivity index (χ2n) is 11.4. The van der Waals surface area contributed by atoms with Crippen LogP contribution in [0.1, 0.15) is 38.7 Å². The van der Waals surface area contributed by atoms with Crippen LogP contribution in [0.2, 0.25) is 0 Å². The van der Waals surface area contributed by atoms with Crippen molar-refractivity contribution < 1.29 is 19.2 Å². The fraction of sp³-hybridized carbons (Fsp3) is 0.0750. The number of thioether (sulfide) groups is 1. The zero-order valence-corrected chi connectivity index (χ0v) is 27.9. The van der Waals surface area contributed by atoms with Crippen molar-refractivity contribution in [2.45, 2.75) is 23.5 Å². The lowest BCUT2D eigenvalue weighted by Gasteiger charge is -2.17. The first kappa shape index (κ1) is 33.6. The number of hydrogen-bond acceptors (Lipinski definition) is 6. The van der Waals surface area contributed by atoms with Crippen LogP contribution in [0.4, 0.5) is 11.4 Å². The molecule has 0 bridgehead atoms. The lowest BCUT2D eigenvalue weighted by Crippen LogP contribution is -2.33. The van der Waals surface area contributed by atoms with Gasteiger partial charge in [0.1, 0.15) is 16.8 Å². The average molecular weight is 680 g/mol. The number of carbonyl (C=O) groups is 4. The van der Waals surface area contributed by atoms with E-state index in [2.05, 4.69) is 21.1 Å². The summed E-state index contributed by atoms with van der Waals surface area (Å²) in [6.45, 7) is 1.93. The van der Waals surface area contributed by atoms with Gasteiger partial charge in [0.2, 0.25) is 5.91 Å². The van der Waals surface area contributed by atoms with Gasteiger partial charge in [0, 0.05) is 16.1 Å². The molecule has 0 saturated heterocycles. The lowest BCUT2D eigenvalue weighted by atomic mass is 10.1. The van der Waals surface area contributed by atoms with Gasteiger partial charge in [-0.2, -0.15) is 10.1 Å². The third-order valence-corrected chi connectivity index (χ3v) is 9.00. The molecule has 5 aromatic rings. The first-order valence-electron chi connectivity index (χ1n) is 15.9. The van der Waals surface area contributed by atoms with Crippen LogP contribution in [0.15, 0.2) is 155 Å². The normalized spacial score (nSPS) is 13.3. The number of aryl methyl sites for hydroxylation is 1. The number of benzene rings is 5. The molecule has 1 aliphatic rings. The predicted molar refractivity (Wildman–Crippen MR) is 197 cm³/mol. The Labute approximate surface area is 294 Å². The molecule has 1 aliphatic heterocycles. The second-order valence-corrected chi connectivity index (χ2v) is 12.6. The van der Waals surface area contributed by atoms with Crippen LogP contribution in [0.5, 0.6) is 0 Å². The van der Waals surface area contributed by atoms with Crippen molar-refractivity contribution in [2.75, 3.05) is 10.3 Å². The summed E-state index contributed by atoms with van der Waals surface area (Å²) < 4.78 is 0. The van der Waals surface area contributed by atoms with Crippen LogP contribution in [-0.4, -0.2) is 29.5 Å². The number of carbonyl (C=O) groups excluding carboxylic acids is 4. The van der Waals surface area contributed by atoms with E-state index in [1.54, 1.807) is 60.7 Å². The second kappa shape index (κ2) is 15.8. The standard InChI is InChI=1S/C40H33N5O4S/c1-27-14-11-12-19-30(27)24-34(42-38(47)29-17-7-3-8-18-29)39(48)41-31-20-13-23-33(25-31)50-37(28-15-5-2-6-16-28)40(49)43-35-26-36(46)45(44-35)32-21-9-4-10-22-32/h2-25,37H,26H2,1H3,(H,41,48)(H,42,47)(H,43,44,49)/b34-24-. The molecule has 0 spiro atoms. The van der Waals surface area contributed by atoms with Crippen molar-refractivity contribution >= 4 is 58.7 Å². The minimum Gasteiger partial charge on any atom is -0.321 e. The summed E-state index contributed by atoms with van der Waals surface area (Å²) in [5.41, 5.74) is 4.06. The largest absolute Gasteiger partial charge is 0.321 e. The van der Waals surface area contributed by atoms with E-state index in [0.717, 1.165) is 16.7 Å². The number of para-hydroxylation sites is 1. The molecule has 0 radical (unpaired) electrons. The number of nitrogens with one attached hydrogen (secondary N) is 3. The first-order valence-corrected chi connectivity index (χ1v) is 16.7. The number of amides is 4. The van der Waals surface area contributed by atoms with Crippen molar-refractivity contribution in [1.82, 2.24) is 10.6 Å². The molecule has 248 valence electrons. The van der Waals surface area contributed by atoms with Crippen molar-refractivity contribution in [3.63, 3.8) is 0 Å². The highest BCUT2D eigenvalue weighted by atomic mass is 32.2. The Morgan fingerprint density at radius 3 is 2.16 bits per heavy atom. The maximum Gasteiger partial charge on any atom is 0.272 e. The number of anilines is 2. The highest BCUT2D eigenvalue weighted by Gasteiger charge is 2.29. The summed E-state index contributed by atoms with van der Waals surface area (Å²) in [4.78, 5) is 54.0. The number of rotatable bonds is 10. The Hall–Kier alpha value is -6.26. The van der Waals surface area contributed by atoms with Crippen LogP contribution in [0.3, 0.4) is 0 Å². The van der Waals surface area contributed by atoms with Gasteiger partial charge in [-0.05, 0) is 72.2 Å². The number of nitrogens with zero attached hydrogens (tertiary/aromatic N) is 2. The molecule has 1 atom stereocenters. The highest BCUT2D eigenvalue weighted by Crippen LogP contribution is 2.37. The van der Waals surface area contributed by atoms with Gasteiger partial charge >= 0.3 is 0 Å². The molecule has 4 amide bonds. The Bertz CT molecular complexity index is 2090. The molecule has 0 aliphatic carbocycles. The maximum atomic E-state index is 13.8. The lowest BCUT2D eigenvalue weighted by molar-refractivity contribution is -0.119. The van der Waals surface area contributed by atoms with Crippen molar-refractivity contribution in [1.29, 1.82) is 0 Å². The average Bonchev–Trinajstić information content (AvgIpc) is 3.51. The summed E-state index contributed by atoms with van der Waals surface area (Å²) in [7, 11) is 0. The summed E-state index contributed by atoms with van der Waals surface area (Å²) in [6, 6.07) is 41.7. The van der Waals surface area contributed by atoms with E-state index in [1.807, 2.05) is 91.9 Å². The van der Waals surface area contributed by atoms with Gasteiger partial charge in [0.05, 0.1) is 12.1 Å². The summed E-state index contributed by atoms with van der Waals surface area (Å²) in [5, 5.41) is 13.5. The van der Waals surface area contributed by atoms with Gasteiger partial charge in [-0.1, -0.05) is 97.1 Å². The molecule has 9 nitrogen and oxygen atoms in total. The molecule has 1 heterocycles. The molecular weight excluding hydrogens is 647 g/mol. The van der Waals surface area contributed by atoms with Crippen LogP contribution in [0, 0.1) is 6.92 Å². The van der Waals surface area contributed by atoms with Crippen molar-refractivity contribution in [3.05, 3.63) is 167 Å². The Kier molecular flexibility index (Phi) is 10.6. The minimum absolute atomic E-state index is 0.0342. The van der Waals surface area contributed by atoms with E-state index in [-0.39, 0.29) is 29.8 Å². The van der Waals surface area contributed by atoms with Crippen LogP contribution in [0.25, 0.3) is 6.08 Å². The zero-order valence-electron chi connectivity index (χ0n) is 27.1. The summed E-state index contributed by atoms with van der Waals surface area (Å²) >= 11 is 1.29. The number of hydrazone groups is 1. The van der Waals surface area contributed by atoms with Gasteiger partial charge in [-0.15, -0.1) is 11.8 Å². The molecule has 6 rings (SSSR count). The molecule has 5 aromatic carbocycles. The van der Waals surface area contributed by atoms with Crippen LogP contribution in [-0.2, 0) is 14.4 Å². The van der Waals surface area contributed by atoms with Gasteiger partial charge < -0.3 is 16.0 Å². The Morgan fingerprint density at radius 2 is 1.44 bits per heavy atom. The fourth-order valence-corrected chi connectivity index (χ4v) is 6.29. The fourth-order valence-electron chi connectivity index (χ4n) is 5.21. The SMILES string of the molecule is Cc1ccccc1/C=C(\NC(=O)c1ccccc1)C(=O)Nc1cccc(SC(C(=O)NC2=NN(c3ccccc3)C(=O)C2)c2ccccc2)c1. The topological polar surface area (TPSA) is 120 Å². The van der Waals surface area contributed by atoms with E-state index in [0.29, 0.717) is 21.8 Å². The molecule has 1 unspecified atom stereocenters. The number of hydrogen-bond donors (Lipinski definition) is 3. The van der Waals surface area contributed by atoms with E-state index in [4.69, 9.17) is 0 Å². The third-order valence-electron chi connectivity index (χ3n) is 7.75. The minimum atomic E-state index is -0.701. The van der Waals surface area contributed by atoms with E-state index < -0.39 is 17.1 Å². The number of amidine groups is 1. The molecular formula is C40H33N5O4S. The molecule has 0 aromatic heterocycles. The Balaban J connectivity index is 1.21. The highest BCUT2D eigenvalue weighted by molar-refractivity contribution is 8.00. The molecule has 0 saturated carbocycles. The Morgan fingerprint density at radius 1 is 0.780 bits per heavy atom. The van der Waals surface area contributed by atoms with Crippen molar-refractivity contribution in [3.8, 4) is 0 Å². The van der Waals surface area contributed by atoms with Crippen LogP contribution < -0.4 is 21.0 Å². The van der Waals surface area contributed by atoms with Gasteiger partial charge in [0.25, 0.3) is 17.7 Å². The molecule has 0 fully saturated rings. The quantitative estimate of drug-likeness (QED) is 0.107. The summed E-state index contributed by atoms with van der Waals surface area (Å²) in [5.74, 6) is -1.25. The summed E-state index contributed by atoms with van der Waals surface area (Å²) in [6.07, 6.45) is 1.61. The van der Waals surface area contributed by atoms with Gasteiger partial charge in [-0.3, -0.25) is 19.2 Å². The monoisotopic (exact) mass is 679 g/mol. The van der Waals surface area contributed by atoms with Gasteiger partial charge in [0.15, 0.2) is 0 Å². The van der Waals surface area contributed by atoms with Crippen molar-refractivity contribution in [2.24, 2.45) is 5.10 Å². The first-order chi connectivity index (χ1) is 24.3. The van der Waals surface area contributed by atoms with E-state index in [1.165, 1.54) is 16.8 Å².